The Kier molecular flexibility index (Phi) is 11.0. The predicted octanol–water partition coefficient (Wildman–Crippen LogP) is 4.93. The summed E-state index contributed by atoms with van der Waals surface area (Å²) in [5.74, 6) is -0.473. The van der Waals surface area contributed by atoms with Crippen LogP contribution >= 0.6 is 0 Å². The molecule has 0 atom stereocenters. The van der Waals surface area contributed by atoms with E-state index in [0.29, 0.717) is 24.7 Å². The van der Waals surface area contributed by atoms with Crippen molar-refractivity contribution in [1.29, 1.82) is 0 Å². The Balaban J connectivity index is 0.000000406. The van der Waals surface area contributed by atoms with E-state index in [1.165, 1.54) is 24.3 Å². The van der Waals surface area contributed by atoms with E-state index in [2.05, 4.69) is 6.58 Å². The number of aromatic carboxylic acids is 1. The maximum Gasteiger partial charge on any atom is 0.335 e. The van der Waals surface area contributed by atoms with E-state index in [1.807, 2.05) is 6.92 Å². The summed E-state index contributed by atoms with van der Waals surface area (Å²) in [6, 6.07) is 12.2. The van der Waals surface area contributed by atoms with Gasteiger partial charge in [-0.15, -0.1) is 0 Å². The van der Waals surface area contributed by atoms with Crippen molar-refractivity contribution in [1.82, 2.24) is 0 Å². The first-order valence-corrected chi connectivity index (χ1v) is 9.08. The van der Waals surface area contributed by atoms with E-state index in [0.717, 1.165) is 31.4 Å². The molecule has 2 rings (SSSR count). The highest BCUT2D eigenvalue weighted by Crippen LogP contribution is 2.13. The van der Waals surface area contributed by atoms with Crippen LogP contribution in [-0.4, -0.2) is 30.9 Å². The minimum absolute atomic E-state index is 0.251. The van der Waals surface area contributed by atoms with Gasteiger partial charge in [-0.05, 0) is 74.7 Å². The fourth-order valence-electron chi connectivity index (χ4n) is 2.08. The molecule has 0 saturated heterocycles. The van der Waals surface area contributed by atoms with Crippen molar-refractivity contribution in [2.75, 3.05) is 25.6 Å². The molecule has 0 aromatic heterocycles. The molecule has 2 aromatic rings. The van der Waals surface area contributed by atoms with E-state index >= 15 is 0 Å². The van der Waals surface area contributed by atoms with Gasteiger partial charge < -0.3 is 20.3 Å². The second-order valence-electron chi connectivity index (χ2n) is 6.30. The summed E-state index contributed by atoms with van der Waals surface area (Å²) < 4.78 is 23.0. The molecule has 0 aliphatic carbocycles. The minimum atomic E-state index is -0.925. The monoisotopic (exact) mass is 389 g/mol. The maximum absolute atomic E-state index is 12.0. The van der Waals surface area contributed by atoms with Gasteiger partial charge in [0.25, 0.3) is 0 Å². The van der Waals surface area contributed by atoms with Crippen LogP contribution in [0.3, 0.4) is 0 Å². The first-order chi connectivity index (χ1) is 13.4. The molecule has 5 nitrogen and oxygen atoms in total. The number of unbranched alkanes of at least 4 members (excludes halogenated alkanes) is 2. The molecule has 0 aliphatic heterocycles. The Morgan fingerprint density at radius 2 is 1.64 bits per heavy atom. The van der Waals surface area contributed by atoms with Gasteiger partial charge in [0.05, 0.1) is 18.8 Å². The molecule has 0 fully saturated rings. The van der Waals surface area contributed by atoms with Crippen molar-refractivity contribution >= 4 is 11.7 Å². The quantitative estimate of drug-likeness (QED) is 0.342. The lowest BCUT2D eigenvalue weighted by Gasteiger charge is -2.07. The molecule has 0 spiro atoms. The highest BCUT2D eigenvalue weighted by atomic mass is 19.1. The average molecular weight is 389 g/mol. The van der Waals surface area contributed by atoms with Crippen molar-refractivity contribution < 1.29 is 23.8 Å². The number of nitrogens with two attached hydrogens (primary N) is 1. The molecule has 6 heteroatoms. The summed E-state index contributed by atoms with van der Waals surface area (Å²) in [5, 5.41) is 8.77. The van der Waals surface area contributed by atoms with Crippen LogP contribution in [0.5, 0.6) is 5.75 Å². The number of hydrogen-bond donors (Lipinski definition) is 2. The second kappa shape index (κ2) is 13.3. The number of ether oxygens (including phenoxy) is 2. The molecular formula is C22H28FNO4. The van der Waals surface area contributed by atoms with Crippen LogP contribution in [0, 0.1) is 5.82 Å². The number of hydrogen-bond acceptors (Lipinski definition) is 4. The van der Waals surface area contributed by atoms with Crippen molar-refractivity contribution in [2.24, 2.45) is 0 Å². The van der Waals surface area contributed by atoms with Gasteiger partial charge >= 0.3 is 5.97 Å². The summed E-state index contributed by atoms with van der Waals surface area (Å²) in [6.45, 7) is 7.73. The van der Waals surface area contributed by atoms with Crippen molar-refractivity contribution in [3.63, 3.8) is 0 Å². The zero-order valence-electron chi connectivity index (χ0n) is 16.2. The zero-order valence-corrected chi connectivity index (χ0v) is 16.2. The number of benzene rings is 2. The summed E-state index contributed by atoms with van der Waals surface area (Å²) in [5.41, 5.74) is 7.16. The number of carboxylic acid groups (broad SMARTS) is 1. The van der Waals surface area contributed by atoms with Crippen LogP contribution in [0.15, 0.2) is 60.7 Å². The van der Waals surface area contributed by atoms with Crippen LogP contribution < -0.4 is 10.5 Å². The zero-order chi connectivity index (χ0) is 20.8. The molecular weight excluding hydrogens is 361 g/mol. The van der Waals surface area contributed by atoms with Crippen LogP contribution in [-0.2, 0) is 4.74 Å². The third-order valence-electron chi connectivity index (χ3n) is 3.52. The molecule has 2 aromatic carbocycles. The molecule has 28 heavy (non-hydrogen) atoms. The van der Waals surface area contributed by atoms with Crippen molar-refractivity contribution in [2.45, 2.75) is 26.2 Å². The standard InChI is InChI=1S/C16H22O4.C6H6FN/c1-13(2)12-19-10-4-3-5-11-20-15-8-6-14(7-9-15)16(17)18;7-5-1-3-6(8)4-2-5/h6-9H,1,3-5,10-12H2,2H3,(H,17,18);1-4H,8H2. The predicted molar refractivity (Wildman–Crippen MR) is 109 cm³/mol. The average Bonchev–Trinajstić information content (AvgIpc) is 2.67. The van der Waals surface area contributed by atoms with Gasteiger partial charge in [0.2, 0.25) is 0 Å². The fourth-order valence-corrected chi connectivity index (χ4v) is 2.08. The van der Waals surface area contributed by atoms with Gasteiger partial charge in [0.1, 0.15) is 11.6 Å². The third-order valence-corrected chi connectivity index (χ3v) is 3.52. The van der Waals surface area contributed by atoms with Crippen LogP contribution in [0.4, 0.5) is 10.1 Å². The molecule has 0 unspecified atom stereocenters. The van der Waals surface area contributed by atoms with E-state index in [4.69, 9.17) is 20.3 Å². The lowest BCUT2D eigenvalue weighted by Crippen LogP contribution is -2.01. The van der Waals surface area contributed by atoms with Gasteiger partial charge in [-0.1, -0.05) is 12.2 Å². The van der Waals surface area contributed by atoms with Crippen LogP contribution in [0.1, 0.15) is 36.5 Å². The molecule has 3 N–H and O–H groups in total. The lowest BCUT2D eigenvalue weighted by molar-refractivity contribution is 0.0697. The number of halogens is 1. The van der Waals surface area contributed by atoms with Crippen molar-refractivity contribution in [3.05, 3.63) is 72.1 Å². The van der Waals surface area contributed by atoms with E-state index in [1.54, 1.807) is 24.3 Å². The van der Waals surface area contributed by atoms with Gasteiger partial charge in [-0.3, -0.25) is 0 Å². The molecule has 0 bridgehead atoms. The summed E-state index contributed by atoms with van der Waals surface area (Å²) in [4.78, 5) is 10.7. The lowest BCUT2D eigenvalue weighted by atomic mass is 10.2. The number of nitrogen functional groups attached to an aromatic ring is 1. The highest BCUT2D eigenvalue weighted by molar-refractivity contribution is 5.87. The number of carboxylic acids is 1. The largest absolute Gasteiger partial charge is 0.494 e. The van der Waals surface area contributed by atoms with Gasteiger partial charge in [-0.25, -0.2) is 9.18 Å². The van der Waals surface area contributed by atoms with Crippen LogP contribution in [0.25, 0.3) is 0 Å². The first kappa shape index (κ1) is 23.2. The van der Waals surface area contributed by atoms with E-state index < -0.39 is 5.97 Å². The van der Waals surface area contributed by atoms with E-state index in [-0.39, 0.29) is 11.4 Å². The highest BCUT2D eigenvalue weighted by Gasteiger charge is 2.01. The smallest absolute Gasteiger partial charge is 0.335 e. The summed E-state index contributed by atoms with van der Waals surface area (Å²) in [6.07, 6.45) is 3.01. The topological polar surface area (TPSA) is 81.8 Å². The third kappa shape index (κ3) is 11.0. The Morgan fingerprint density at radius 3 is 2.18 bits per heavy atom. The summed E-state index contributed by atoms with van der Waals surface area (Å²) in [7, 11) is 0. The van der Waals surface area contributed by atoms with Gasteiger partial charge in [0, 0.05) is 12.3 Å². The summed E-state index contributed by atoms with van der Waals surface area (Å²) >= 11 is 0. The molecule has 0 aliphatic rings. The molecule has 0 heterocycles. The van der Waals surface area contributed by atoms with Gasteiger partial charge in [0.15, 0.2) is 0 Å². The number of carbonyl (C=O) groups is 1. The fraction of sp³-hybridized carbons (Fsp3) is 0.318. The molecule has 0 amide bonds. The normalized spacial score (nSPS) is 9.93. The first-order valence-electron chi connectivity index (χ1n) is 9.08. The molecule has 152 valence electrons. The number of anilines is 1. The van der Waals surface area contributed by atoms with Crippen LogP contribution in [0.2, 0.25) is 0 Å². The second-order valence-corrected chi connectivity index (χ2v) is 6.30. The SMILES string of the molecule is C=C(C)COCCCCCOc1ccc(C(=O)O)cc1.Nc1ccc(F)cc1. The van der Waals surface area contributed by atoms with Gasteiger partial charge in [-0.2, -0.15) is 0 Å². The Bertz CT molecular complexity index is 693. The van der Waals surface area contributed by atoms with E-state index in [9.17, 15) is 9.18 Å². The molecule has 0 radical (unpaired) electrons. The Morgan fingerprint density at radius 1 is 1.04 bits per heavy atom. The van der Waals surface area contributed by atoms with Crippen molar-refractivity contribution in [3.8, 4) is 5.75 Å². The Hall–Kier alpha value is -2.86. The minimum Gasteiger partial charge on any atom is -0.494 e. The molecule has 0 saturated carbocycles. The maximum atomic E-state index is 12.0. The number of rotatable bonds is 10. The Labute approximate surface area is 165 Å².